The molecule has 3 heterocycles. The number of furan rings is 2. The van der Waals surface area contributed by atoms with Crippen LogP contribution in [0, 0.1) is 0 Å². The minimum absolute atomic E-state index is 0.596. The standard InChI is InChI=1S/C41H23N3O2/c1-2-11-24(12-3-1)39-42-40(44-41(43-39)31-17-10-20-35-36(31)29-15-6-8-18-33(29)45-35)25-21-22-28-32(23-25)26-13-4-5-14-27(26)37-30-16-7-9-19-34(30)46-38(28)37/h1-23H. The molecule has 0 aliphatic heterocycles. The highest BCUT2D eigenvalue weighted by atomic mass is 16.3. The van der Waals surface area contributed by atoms with Crippen LogP contribution in [0.3, 0.4) is 0 Å². The summed E-state index contributed by atoms with van der Waals surface area (Å²) in [6, 6.07) is 47.4. The Kier molecular flexibility index (Phi) is 5.22. The smallest absolute Gasteiger partial charge is 0.164 e. The van der Waals surface area contributed by atoms with Crippen molar-refractivity contribution in [1.82, 2.24) is 15.0 Å². The minimum Gasteiger partial charge on any atom is -0.456 e. The third-order valence-electron chi connectivity index (χ3n) is 8.92. The molecular formula is C41H23N3O2. The van der Waals surface area contributed by atoms with Crippen LogP contribution >= 0.6 is 0 Å². The van der Waals surface area contributed by atoms with Gasteiger partial charge in [-0.05, 0) is 46.5 Å². The molecule has 3 aromatic heterocycles. The summed E-state index contributed by atoms with van der Waals surface area (Å²) in [5, 5.41) is 8.74. The van der Waals surface area contributed by atoms with Crippen LogP contribution in [-0.4, -0.2) is 15.0 Å². The van der Waals surface area contributed by atoms with Crippen molar-refractivity contribution in [3.63, 3.8) is 0 Å². The van der Waals surface area contributed by atoms with Crippen LogP contribution in [0.15, 0.2) is 148 Å². The highest BCUT2D eigenvalue weighted by Crippen LogP contribution is 2.42. The first-order chi connectivity index (χ1) is 22.8. The van der Waals surface area contributed by atoms with Gasteiger partial charge < -0.3 is 8.83 Å². The highest BCUT2D eigenvalue weighted by Gasteiger charge is 2.20. The zero-order valence-corrected chi connectivity index (χ0v) is 24.4. The number of nitrogens with zero attached hydrogens (tertiary/aromatic N) is 3. The number of hydrogen-bond donors (Lipinski definition) is 0. The van der Waals surface area contributed by atoms with E-state index in [0.717, 1.165) is 82.1 Å². The fraction of sp³-hybridized carbons (Fsp3) is 0. The van der Waals surface area contributed by atoms with Crippen LogP contribution in [0.25, 0.3) is 99.6 Å². The summed E-state index contributed by atoms with van der Waals surface area (Å²) in [5.41, 5.74) is 6.13. The van der Waals surface area contributed by atoms with Gasteiger partial charge in [-0.15, -0.1) is 0 Å². The number of para-hydroxylation sites is 2. The second-order valence-electron chi connectivity index (χ2n) is 11.6. The average molecular weight is 590 g/mol. The van der Waals surface area contributed by atoms with E-state index >= 15 is 0 Å². The van der Waals surface area contributed by atoms with E-state index in [9.17, 15) is 0 Å². The normalized spacial score (nSPS) is 11.9. The Morgan fingerprint density at radius 2 is 0.957 bits per heavy atom. The van der Waals surface area contributed by atoms with Crippen molar-refractivity contribution in [2.75, 3.05) is 0 Å². The maximum atomic E-state index is 6.49. The van der Waals surface area contributed by atoms with Gasteiger partial charge in [-0.25, -0.2) is 15.0 Å². The molecule has 0 amide bonds. The fourth-order valence-corrected chi connectivity index (χ4v) is 6.85. The van der Waals surface area contributed by atoms with E-state index < -0.39 is 0 Å². The van der Waals surface area contributed by atoms with E-state index in [-0.39, 0.29) is 0 Å². The molecule has 10 aromatic rings. The summed E-state index contributed by atoms with van der Waals surface area (Å²) in [4.78, 5) is 15.2. The van der Waals surface area contributed by atoms with E-state index in [4.69, 9.17) is 23.8 Å². The van der Waals surface area contributed by atoms with Crippen LogP contribution in [0.2, 0.25) is 0 Å². The molecule has 46 heavy (non-hydrogen) atoms. The van der Waals surface area contributed by atoms with Gasteiger partial charge in [-0.2, -0.15) is 0 Å². The number of fused-ring (bicyclic) bond motifs is 11. The lowest BCUT2D eigenvalue weighted by atomic mass is 9.95. The Morgan fingerprint density at radius 3 is 1.76 bits per heavy atom. The topological polar surface area (TPSA) is 65.0 Å². The largest absolute Gasteiger partial charge is 0.456 e. The Bertz CT molecular complexity index is 2810. The second kappa shape index (κ2) is 9.58. The molecule has 214 valence electrons. The summed E-state index contributed by atoms with van der Waals surface area (Å²) in [7, 11) is 0. The van der Waals surface area contributed by atoms with Crippen molar-refractivity contribution in [1.29, 1.82) is 0 Å². The third kappa shape index (κ3) is 3.66. The van der Waals surface area contributed by atoms with E-state index in [2.05, 4.69) is 66.7 Å². The van der Waals surface area contributed by atoms with Crippen molar-refractivity contribution in [2.24, 2.45) is 0 Å². The zero-order valence-electron chi connectivity index (χ0n) is 24.4. The molecule has 0 saturated carbocycles. The Morgan fingerprint density at radius 1 is 0.348 bits per heavy atom. The third-order valence-corrected chi connectivity index (χ3v) is 8.92. The van der Waals surface area contributed by atoms with Crippen LogP contribution in [0.4, 0.5) is 0 Å². The molecule has 0 bridgehead atoms. The molecule has 5 heteroatoms. The van der Waals surface area contributed by atoms with Crippen molar-refractivity contribution in [3.05, 3.63) is 140 Å². The van der Waals surface area contributed by atoms with Crippen LogP contribution in [0.5, 0.6) is 0 Å². The van der Waals surface area contributed by atoms with Gasteiger partial charge in [0.2, 0.25) is 0 Å². The van der Waals surface area contributed by atoms with Gasteiger partial charge in [-0.1, -0.05) is 109 Å². The first-order valence-corrected chi connectivity index (χ1v) is 15.3. The van der Waals surface area contributed by atoms with Crippen LogP contribution in [0.1, 0.15) is 0 Å². The zero-order chi connectivity index (χ0) is 30.2. The number of rotatable bonds is 3. The maximum absolute atomic E-state index is 6.49. The molecule has 10 rings (SSSR count). The Balaban J connectivity index is 1.26. The van der Waals surface area contributed by atoms with Gasteiger partial charge in [0.15, 0.2) is 17.5 Å². The average Bonchev–Trinajstić information content (AvgIpc) is 3.71. The van der Waals surface area contributed by atoms with Gasteiger partial charge in [0.25, 0.3) is 0 Å². The van der Waals surface area contributed by atoms with E-state index in [0.29, 0.717) is 17.5 Å². The van der Waals surface area contributed by atoms with Crippen LogP contribution < -0.4 is 0 Å². The Hall–Kier alpha value is -6.33. The lowest BCUT2D eigenvalue weighted by Gasteiger charge is -2.11. The monoisotopic (exact) mass is 589 g/mol. The molecule has 0 fully saturated rings. The number of hydrogen-bond acceptors (Lipinski definition) is 5. The van der Waals surface area contributed by atoms with Gasteiger partial charge in [0, 0.05) is 43.6 Å². The first kappa shape index (κ1) is 25.0. The van der Waals surface area contributed by atoms with E-state index in [1.807, 2.05) is 72.8 Å². The second-order valence-corrected chi connectivity index (χ2v) is 11.6. The molecule has 7 aromatic carbocycles. The van der Waals surface area contributed by atoms with Gasteiger partial charge in [-0.3, -0.25) is 0 Å². The predicted octanol–water partition coefficient (Wildman–Crippen LogP) is 11.0. The predicted molar refractivity (Wildman–Crippen MR) is 186 cm³/mol. The summed E-state index contributed by atoms with van der Waals surface area (Å²) < 4.78 is 12.7. The van der Waals surface area contributed by atoms with Gasteiger partial charge >= 0.3 is 0 Å². The molecule has 0 atom stereocenters. The Labute approximate surface area is 262 Å². The van der Waals surface area contributed by atoms with Crippen molar-refractivity contribution in [2.45, 2.75) is 0 Å². The quantitative estimate of drug-likeness (QED) is 0.192. The van der Waals surface area contributed by atoms with E-state index in [1.165, 1.54) is 0 Å². The van der Waals surface area contributed by atoms with Crippen molar-refractivity contribution in [3.8, 4) is 34.2 Å². The SMILES string of the molecule is c1ccc(-c2nc(-c3ccc4c(c3)c3ccccc3c3c5ccccc5oc43)nc(-c3cccc4oc5ccccc5c34)n2)cc1. The van der Waals surface area contributed by atoms with Gasteiger partial charge in [0.1, 0.15) is 22.3 Å². The van der Waals surface area contributed by atoms with E-state index in [1.54, 1.807) is 0 Å². The van der Waals surface area contributed by atoms with Crippen molar-refractivity contribution >= 4 is 65.4 Å². The molecule has 0 spiro atoms. The molecule has 0 saturated heterocycles. The molecule has 0 unspecified atom stereocenters. The lowest BCUT2D eigenvalue weighted by Crippen LogP contribution is -2.00. The minimum atomic E-state index is 0.596. The summed E-state index contributed by atoms with van der Waals surface area (Å²) >= 11 is 0. The lowest BCUT2D eigenvalue weighted by molar-refractivity contribution is 0.669. The van der Waals surface area contributed by atoms with Crippen molar-refractivity contribution < 1.29 is 8.83 Å². The first-order valence-electron chi connectivity index (χ1n) is 15.3. The van der Waals surface area contributed by atoms with Crippen LogP contribution in [-0.2, 0) is 0 Å². The van der Waals surface area contributed by atoms with Gasteiger partial charge in [0.05, 0.1) is 0 Å². The molecule has 0 aliphatic carbocycles. The fourth-order valence-electron chi connectivity index (χ4n) is 6.85. The maximum Gasteiger partial charge on any atom is 0.164 e. The summed E-state index contributed by atoms with van der Waals surface area (Å²) in [6.45, 7) is 0. The molecule has 0 N–H and O–H groups in total. The molecule has 0 aliphatic rings. The molecular weight excluding hydrogens is 566 g/mol. The molecule has 0 radical (unpaired) electrons. The number of aromatic nitrogens is 3. The summed E-state index contributed by atoms with van der Waals surface area (Å²) in [5.74, 6) is 1.81. The number of benzene rings is 7. The molecule has 5 nitrogen and oxygen atoms in total. The highest BCUT2D eigenvalue weighted by molar-refractivity contribution is 6.30. The summed E-state index contributed by atoms with van der Waals surface area (Å²) in [6.07, 6.45) is 0.